The van der Waals surface area contributed by atoms with Gasteiger partial charge in [0, 0.05) is 19.6 Å². The van der Waals surface area contributed by atoms with E-state index in [0.717, 1.165) is 18.8 Å². The number of nitrogens with zero attached hydrogens (tertiary/aromatic N) is 3. The highest BCUT2D eigenvalue weighted by Gasteiger charge is 2.27. The van der Waals surface area contributed by atoms with E-state index >= 15 is 0 Å². The molecule has 0 amide bonds. The number of rotatable bonds is 4. The van der Waals surface area contributed by atoms with Crippen LogP contribution in [0.25, 0.3) is 0 Å². The Hall–Kier alpha value is -1.36. The first-order valence-electron chi connectivity index (χ1n) is 7.46. The lowest BCUT2D eigenvalue weighted by molar-refractivity contribution is 0.0520. The molecule has 1 aromatic rings. The van der Waals surface area contributed by atoms with Crippen LogP contribution >= 0.6 is 0 Å². The molecule has 5 heteroatoms. The van der Waals surface area contributed by atoms with E-state index in [2.05, 4.69) is 23.8 Å². The Morgan fingerprint density at radius 2 is 2.25 bits per heavy atom. The minimum atomic E-state index is -0.270. The predicted molar refractivity (Wildman–Crippen MR) is 77.4 cm³/mol. The van der Waals surface area contributed by atoms with Crippen LogP contribution in [-0.4, -0.2) is 39.8 Å². The fourth-order valence-electron chi connectivity index (χ4n) is 2.87. The van der Waals surface area contributed by atoms with Gasteiger partial charge >= 0.3 is 5.97 Å². The van der Waals surface area contributed by atoms with Crippen LogP contribution in [0.5, 0.6) is 0 Å². The average Bonchev–Trinajstić information content (AvgIpc) is 2.77. The molecular formula is C15H25N3O2. The Labute approximate surface area is 120 Å². The van der Waals surface area contributed by atoms with Gasteiger partial charge in [0.25, 0.3) is 0 Å². The molecule has 0 aliphatic carbocycles. The SMILES string of the molecule is CCOC(=O)c1cnn(C)c1CN1CCCC(C)C1C. The summed E-state index contributed by atoms with van der Waals surface area (Å²) >= 11 is 0. The molecule has 20 heavy (non-hydrogen) atoms. The first-order chi connectivity index (χ1) is 9.54. The molecule has 0 aromatic carbocycles. The van der Waals surface area contributed by atoms with Crippen molar-refractivity contribution in [3.8, 4) is 0 Å². The van der Waals surface area contributed by atoms with Gasteiger partial charge in [-0.3, -0.25) is 9.58 Å². The van der Waals surface area contributed by atoms with Crippen molar-refractivity contribution in [1.29, 1.82) is 0 Å². The molecule has 1 fully saturated rings. The van der Waals surface area contributed by atoms with Crippen molar-refractivity contribution in [2.75, 3.05) is 13.2 Å². The van der Waals surface area contributed by atoms with E-state index in [0.29, 0.717) is 24.1 Å². The number of hydrogen-bond donors (Lipinski definition) is 0. The van der Waals surface area contributed by atoms with Gasteiger partial charge in [-0.2, -0.15) is 5.10 Å². The molecule has 2 rings (SSSR count). The van der Waals surface area contributed by atoms with E-state index in [4.69, 9.17) is 4.74 Å². The summed E-state index contributed by atoms with van der Waals surface area (Å²) < 4.78 is 6.90. The third kappa shape index (κ3) is 3.03. The smallest absolute Gasteiger partial charge is 0.341 e. The van der Waals surface area contributed by atoms with Crippen LogP contribution in [0, 0.1) is 5.92 Å². The van der Waals surface area contributed by atoms with Gasteiger partial charge in [-0.15, -0.1) is 0 Å². The third-order valence-electron chi connectivity index (χ3n) is 4.41. The molecule has 112 valence electrons. The second kappa shape index (κ2) is 6.39. The Balaban J connectivity index is 2.16. The highest BCUT2D eigenvalue weighted by Crippen LogP contribution is 2.25. The first kappa shape index (κ1) is 15.0. The monoisotopic (exact) mass is 279 g/mol. The number of aromatic nitrogens is 2. The zero-order chi connectivity index (χ0) is 14.7. The van der Waals surface area contributed by atoms with Gasteiger partial charge in [0.2, 0.25) is 0 Å². The Bertz CT molecular complexity index is 470. The largest absolute Gasteiger partial charge is 0.462 e. The van der Waals surface area contributed by atoms with Crippen LogP contribution < -0.4 is 0 Å². The molecule has 0 radical (unpaired) electrons. The number of likely N-dealkylation sites (tertiary alicyclic amines) is 1. The molecule has 2 unspecified atom stereocenters. The minimum Gasteiger partial charge on any atom is -0.462 e. The summed E-state index contributed by atoms with van der Waals surface area (Å²) in [5.74, 6) is 0.427. The standard InChI is InChI=1S/C15H25N3O2/c1-5-20-15(19)13-9-16-17(4)14(13)10-18-8-6-7-11(2)12(18)3/h9,11-12H,5-8,10H2,1-4H3. The van der Waals surface area contributed by atoms with Gasteiger partial charge in [0.1, 0.15) is 5.56 Å². The van der Waals surface area contributed by atoms with Gasteiger partial charge in [-0.25, -0.2) is 4.79 Å². The van der Waals surface area contributed by atoms with Crippen LogP contribution in [0.3, 0.4) is 0 Å². The number of ether oxygens (including phenoxy) is 1. The quantitative estimate of drug-likeness (QED) is 0.793. The molecule has 1 aliphatic heterocycles. The molecular weight excluding hydrogens is 254 g/mol. The number of hydrogen-bond acceptors (Lipinski definition) is 4. The summed E-state index contributed by atoms with van der Waals surface area (Å²) in [5, 5.41) is 4.22. The van der Waals surface area contributed by atoms with E-state index in [-0.39, 0.29) is 5.97 Å². The maximum Gasteiger partial charge on any atom is 0.341 e. The third-order valence-corrected chi connectivity index (χ3v) is 4.41. The van der Waals surface area contributed by atoms with Crippen LogP contribution in [0.2, 0.25) is 0 Å². The van der Waals surface area contributed by atoms with Crippen molar-refractivity contribution in [2.45, 2.75) is 46.2 Å². The fourth-order valence-corrected chi connectivity index (χ4v) is 2.87. The molecule has 0 N–H and O–H groups in total. The van der Waals surface area contributed by atoms with E-state index in [1.165, 1.54) is 12.8 Å². The zero-order valence-corrected chi connectivity index (χ0v) is 12.9. The number of esters is 1. The second-order valence-electron chi connectivity index (χ2n) is 5.68. The molecule has 0 spiro atoms. The lowest BCUT2D eigenvalue weighted by Gasteiger charge is -2.37. The number of piperidine rings is 1. The summed E-state index contributed by atoms with van der Waals surface area (Å²) in [6, 6.07) is 0.536. The van der Waals surface area contributed by atoms with Crippen molar-refractivity contribution < 1.29 is 9.53 Å². The van der Waals surface area contributed by atoms with E-state index in [9.17, 15) is 4.79 Å². The maximum atomic E-state index is 12.0. The van der Waals surface area contributed by atoms with Gasteiger partial charge in [-0.1, -0.05) is 6.92 Å². The van der Waals surface area contributed by atoms with Crippen molar-refractivity contribution in [3.05, 3.63) is 17.5 Å². The van der Waals surface area contributed by atoms with Gasteiger partial charge in [-0.05, 0) is 39.2 Å². The van der Waals surface area contributed by atoms with E-state index in [1.807, 2.05) is 14.0 Å². The first-order valence-corrected chi connectivity index (χ1v) is 7.46. The molecule has 5 nitrogen and oxygen atoms in total. The van der Waals surface area contributed by atoms with E-state index < -0.39 is 0 Å². The summed E-state index contributed by atoms with van der Waals surface area (Å²) in [7, 11) is 1.89. The Morgan fingerprint density at radius 3 is 2.95 bits per heavy atom. The number of carbonyl (C=O) groups excluding carboxylic acids is 1. The average molecular weight is 279 g/mol. The number of carbonyl (C=O) groups is 1. The van der Waals surface area contributed by atoms with Crippen molar-refractivity contribution in [2.24, 2.45) is 13.0 Å². The summed E-state index contributed by atoms with van der Waals surface area (Å²) in [4.78, 5) is 14.4. The lowest BCUT2D eigenvalue weighted by Crippen LogP contribution is -2.42. The summed E-state index contributed by atoms with van der Waals surface area (Å²) in [6.07, 6.45) is 4.12. The highest BCUT2D eigenvalue weighted by molar-refractivity contribution is 5.90. The molecule has 0 bridgehead atoms. The van der Waals surface area contributed by atoms with Gasteiger partial charge < -0.3 is 4.74 Å². The van der Waals surface area contributed by atoms with Crippen molar-refractivity contribution >= 4 is 5.97 Å². The van der Waals surface area contributed by atoms with Crippen molar-refractivity contribution in [1.82, 2.24) is 14.7 Å². The molecule has 1 aliphatic rings. The summed E-state index contributed by atoms with van der Waals surface area (Å²) in [6.45, 7) is 8.62. The van der Waals surface area contributed by atoms with Gasteiger partial charge in [0.05, 0.1) is 18.5 Å². The number of aryl methyl sites for hydroxylation is 1. The molecule has 2 heterocycles. The second-order valence-corrected chi connectivity index (χ2v) is 5.68. The van der Waals surface area contributed by atoms with Crippen LogP contribution in [0.4, 0.5) is 0 Å². The minimum absolute atomic E-state index is 0.270. The summed E-state index contributed by atoms with van der Waals surface area (Å²) in [5.41, 5.74) is 1.55. The predicted octanol–water partition coefficient (Wildman–Crippen LogP) is 2.22. The van der Waals surface area contributed by atoms with Gasteiger partial charge in [0.15, 0.2) is 0 Å². The lowest BCUT2D eigenvalue weighted by atomic mass is 9.92. The van der Waals surface area contributed by atoms with Crippen LogP contribution in [-0.2, 0) is 18.3 Å². The van der Waals surface area contributed by atoms with Crippen molar-refractivity contribution in [3.63, 3.8) is 0 Å². The molecule has 1 saturated heterocycles. The fraction of sp³-hybridized carbons (Fsp3) is 0.733. The highest BCUT2D eigenvalue weighted by atomic mass is 16.5. The molecule has 2 atom stereocenters. The Morgan fingerprint density at radius 1 is 1.50 bits per heavy atom. The molecule has 1 aromatic heterocycles. The van der Waals surface area contributed by atoms with Crippen LogP contribution in [0.15, 0.2) is 6.20 Å². The van der Waals surface area contributed by atoms with Crippen LogP contribution in [0.1, 0.15) is 49.7 Å². The normalized spacial score (nSPS) is 23.8. The molecule has 0 saturated carbocycles. The van der Waals surface area contributed by atoms with E-state index in [1.54, 1.807) is 10.9 Å². The topological polar surface area (TPSA) is 47.4 Å². The maximum absolute atomic E-state index is 12.0. The Kier molecular flexibility index (Phi) is 4.81. The zero-order valence-electron chi connectivity index (χ0n) is 12.9.